The highest BCUT2D eigenvalue weighted by Crippen LogP contribution is 2.10. The van der Waals surface area contributed by atoms with E-state index in [0.29, 0.717) is 13.0 Å². The van der Waals surface area contributed by atoms with Gasteiger partial charge >= 0.3 is 5.97 Å². The highest BCUT2D eigenvalue weighted by Gasteiger charge is 2.18. The average molecular weight is 316 g/mol. The molecule has 0 fully saturated rings. The number of rotatable bonds is 8. The maximum Gasteiger partial charge on any atom is 0.322 e. The number of aryl methyl sites for hydroxylation is 1. The Bertz CT molecular complexity index is 578. The second-order valence-electron chi connectivity index (χ2n) is 5.16. The lowest BCUT2D eigenvalue weighted by Crippen LogP contribution is -2.43. The van der Waals surface area contributed by atoms with Gasteiger partial charge < -0.3 is 5.11 Å². The summed E-state index contributed by atoms with van der Waals surface area (Å²) in [5.74, 6) is -0.837. The van der Waals surface area contributed by atoms with Crippen molar-refractivity contribution in [3.8, 4) is 0 Å². The Balaban J connectivity index is 1.87. The first-order chi connectivity index (χ1) is 10.6. The maximum absolute atomic E-state index is 11.4. The molecular weight excluding hydrogens is 295 g/mol. The van der Waals surface area contributed by atoms with Gasteiger partial charge in [0, 0.05) is 6.54 Å². The van der Waals surface area contributed by atoms with Crippen LogP contribution in [0.25, 0.3) is 0 Å². The number of nitrogens with zero attached hydrogens (tertiary/aromatic N) is 1. The van der Waals surface area contributed by atoms with Crippen molar-refractivity contribution in [1.29, 1.82) is 0 Å². The molecule has 2 atom stereocenters. The molecule has 1 unspecified atom stereocenters. The van der Waals surface area contributed by atoms with Gasteiger partial charge in [0.25, 0.3) is 0 Å². The Labute approximate surface area is 133 Å². The van der Waals surface area contributed by atoms with Crippen LogP contribution < -0.4 is 5.43 Å². The lowest BCUT2D eigenvalue weighted by atomic mass is 10.1. The monoisotopic (exact) mass is 316 g/mol. The molecule has 0 spiro atoms. The Morgan fingerprint density at radius 1 is 1.05 bits per heavy atom. The molecular formula is C17H21N2O2P. The Morgan fingerprint density at radius 3 is 2.14 bits per heavy atom. The maximum atomic E-state index is 11.4. The van der Waals surface area contributed by atoms with Crippen LogP contribution in [-0.4, -0.2) is 21.9 Å². The van der Waals surface area contributed by atoms with Crippen molar-refractivity contribution in [2.75, 3.05) is 0 Å². The van der Waals surface area contributed by atoms with E-state index in [0.717, 1.165) is 17.5 Å². The van der Waals surface area contributed by atoms with Gasteiger partial charge in [-0.15, -0.1) is 0 Å². The number of hydrazine groups is 1. The number of benzene rings is 2. The third-order valence-corrected chi connectivity index (χ3v) is 3.71. The summed E-state index contributed by atoms with van der Waals surface area (Å²) in [7, 11) is 2.53. The van der Waals surface area contributed by atoms with Gasteiger partial charge in [-0.25, -0.2) is 10.2 Å². The molecule has 0 saturated carbocycles. The molecule has 2 aromatic carbocycles. The number of nitrogens with one attached hydrogen (secondary N) is 1. The zero-order valence-electron chi connectivity index (χ0n) is 12.4. The lowest BCUT2D eigenvalue weighted by Gasteiger charge is -2.23. The van der Waals surface area contributed by atoms with Gasteiger partial charge in [0.05, 0.1) is 0 Å². The van der Waals surface area contributed by atoms with E-state index >= 15 is 0 Å². The summed E-state index contributed by atoms with van der Waals surface area (Å²) in [6.45, 7) is 0.626. The standard InChI is InChI=1S/C17H21N2O2P/c20-17(21)16(12-11-14-7-3-1-4-8-14)18-19(22)13-15-9-5-2-6-10-15/h1-10,16,18H,11-13,22H2,(H,20,21)/t16-/m1/s1. The van der Waals surface area contributed by atoms with Crippen LogP contribution in [0.3, 0.4) is 0 Å². The molecule has 0 aliphatic heterocycles. The number of aliphatic carboxylic acids is 1. The molecule has 116 valence electrons. The van der Waals surface area contributed by atoms with Crippen molar-refractivity contribution in [3.63, 3.8) is 0 Å². The minimum absolute atomic E-state index is 0.541. The van der Waals surface area contributed by atoms with Gasteiger partial charge in [-0.2, -0.15) is 0 Å². The fourth-order valence-corrected chi connectivity index (χ4v) is 2.62. The van der Waals surface area contributed by atoms with Crippen LogP contribution in [0.15, 0.2) is 60.7 Å². The molecule has 22 heavy (non-hydrogen) atoms. The van der Waals surface area contributed by atoms with E-state index in [1.54, 1.807) is 4.78 Å². The van der Waals surface area contributed by atoms with E-state index in [-0.39, 0.29) is 0 Å². The van der Waals surface area contributed by atoms with Crippen molar-refractivity contribution in [3.05, 3.63) is 71.8 Å². The van der Waals surface area contributed by atoms with E-state index in [9.17, 15) is 9.90 Å². The second kappa shape index (κ2) is 8.64. The number of carboxylic acids is 1. The third kappa shape index (κ3) is 5.57. The summed E-state index contributed by atoms with van der Waals surface area (Å²) in [5.41, 5.74) is 5.30. The molecule has 0 bridgehead atoms. The van der Waals surface area contributed by atoms with E-state index in [2.05, 4.69) is 14.8 Å². The fraction of sp³-hybridized carbons (Fsp3) is 0.235. The molecule has 0 heterocycles. The summed E-state index contributed by atoms with van der Waals surface area (Å²) < 4.78 is 1.75. The summed E-state index contributed by atoms with van der Waals surface area (Å²) in [4.78, 5) is 11.4. The smallest absolute Gasteiger partial charge is 0.322 e. The highest BCUT2D eigenvalue weighted by molar-refractivity contribution is 7.13. The summed E-state index contributed by atoms with van der Waals surface area (Å²) in [6.07, 6.45) is 1.27. The normalized spacial score (nSPS) is 12.3. The second-order valence-corrected chi connectivity index (χ2v) is 5.78. The van der Waals surface area contributed by atoms with E-state index in [4.69, 9.17) is 0 Å². The first-order valence-corrected chi connectivity index (χ1v) is 7.76. The summed E-state index contributed by atoms with van der Waals surface area (Å²) in [5, 5.41) is 9.37. The molecule has 5 heteroatoms. The number of carboxylic acid groups (broad SMARTS) is 1. The number of hydrogen-bond acceptors (Lipinski definition) is 3. The molecule has 0 aliphatic carbocycles. The van der Waals surface area contributed by atoms with Gasteiger partial charge in [-0.1, -0.05) is 60.7 Å². The minimum atomic E-state index is -0.837. The van der Waals surface area contributed by atoms with Crippen molar-refractivity contribution < 1.29 is 9.90 Å². The summed E-state index contributed by atoms with van der Waals surface area (Å²) >= 11 is 0. The SMILES string of the molecule is O=C(O)[C@@H](CCc1ccccc1)NN(P)Cc1ccccc1. The van der Waals surface area contributed by atoms with Crippen molar-refractivity contribution in [2.45, 2.75) is 25.4 Å². The largest absolute Gasteiger partial charge is 0.480 e. The molecule has 2 N–H and O–H groups in total. The first kappa shape index (κ1) is 16.6. The molecule has 0 aliphatic rings. The molecule has 0 saturated heterocycles. The molecule has 4 nitrogen and oxygen atoms in total. The zero-order chi connectivity index (χ0) is 15.8. The van der Waals surface area contributed by atoms with Crippen LogP contribution in [0.4, 0.5) is 0 Å². The van der Waals surface area contributed by atoms with Crippen LogP contribution >= 0.6 is 9.39 Å². The lowest BCUT2D eigenvalue weighted by molar-refractivity contribution is -0.140. The van der Waals surface area contributed by atoms with Crippen LogP contribution in [0.5, 0.6) is 0 Å². The first-order valence-electron chi connectivity index (χ1n) is 7.24. The third-order valence-electron chi connectivity index (χ3n) is 3.38. The predicted octanol–water partition coefficient (Wildman–Crippen LogP) is 2.87. The minimum Gasteiger partial charge on any atom is -0.480 e. The van der Waals surface area contributed by atoms with E-state index < -0.39 is 12.0 Å². The van der Waals surface area contributed by atoms with E-state index in [1.807, 2.05) is 60.7 Å². The number of carbonyl (C=O) groups is 1. The molecule has 2 rings (SSSR count). The molecule has 0 radical (unpaired) electrons. The van der Waals surface area contributed by atoms with Crippen molar-refractivity contribution in [2.24, 2.45) is 0 Å². The van der Waals surface area contributed by atoms with Crippen molar-refractivity contribution in [1.82, 2.24) is 10.2 Å². The van der Waals surface area contributed by atoms with Gasteiger partial charge in [-0.05, 0) is 33.4 Å². The number of hydrogen-bond donors (Lipinski definition) is 2. The quantitative estimate of drug-likeness (QED) is 0.581. The topological polar surface area (TPSA) is 52.6 Å². The molecule has 2 aromatic rings. The summed E-state index contributed by atoms with van der Waals surface area (Å²) in [6, 6.07) is 19.2. The van der Waals surface area contributed by atoms with Gasteiger partial charge in [0.2, 0.25) is 0 Å². The molecule has 0 amide bonds. The Kier molecular flexibility index (Phi) is 6.53. The van der Waals surface area contributed by atoms with Crippen LogP contribution in [-0.2, 0) is 17.8 Å². The van der Waals surface area contributed by atoms with Crippen LogP contribution in [0, 0.1) is 0 Å². The van der Waals surface area contributed by atoms with Gasteiger partial charge in [0.15, 0.2) is 0 Å². The Hall–Kier alpha value is -1.74. The Morgan fingerprint density at radius 2 is 1.59 bits per heavy atom. The van der Waals surface area contributed by atoms with Crippen LogP contribution in [0.1, 0.15) is 17.5 Å². The highest BCUT2D eigenvalue weighted by atomic mass is 31.0. The van der Waals surface area contributed by atoms with E-state index in [1.165, 1.54) is 0 Å². The molecule has 0 aromatic heterocycles. The van der Waals surface area contributed by atoms with Gasteiger partial charge in [-0.3, -0.25) is 4.79 Å². The predicted molar refractivity (Wildman–Crippen MR) is 91.0 cm³/mol. The van der Waals surface area contributed by atoms with Gasteiger partial charge in [0.1, 0.15) is 6.04 Å². The zero-order valence-corrected chi connectivity index (χ0v) is 13.5. The van der Waals surface area contributed by atoms with Crippen LogP contribution in [0.2, 0.25) is 0 Å². The fourth-order valence-electron chi connectivity index (χ4n) is 2.22. The van der Waals surface area contributed by atoms with Crippen molar-refractivity contribution >= 4 is 15.4 Å². The average Bonchev–Trinajstić information content (AvgIpc) is 2.53.